The summed E-state index contributed by atoms with van der Waals surface area (Å²) in [6.45, 7) is 7.30. The Kier molecular flexibility index (Phi) is 5.11. The molecule has 5 nitrogen and oxygen atoms in total. The zero-order valence-corrected chi connectivity index (χ0v) is 11.7. The highest BCUT2D eigenvalue weighted by molar-refractivity contribution is 4.84. The molecule has 5 heteroatoms. The molecule has 0 saturated heterocycles. The van der Waals surface area contributed by atoms with Gasteiger partial charge in [0.15, 0.2) is 5.82 Å². The first-order chi connectivity index (χ1) is 8.85. The molecule has 1 aromatic heterocycles. The highest BCUT2D eigenvalue weighted by atomic mass is 15.5. The van der Waals surface area contributed by atoms with Gasteiger partial charge in [0.1, 0.15) is 0 Å². The van der Waals surface area contributed by atoms with Gasteiger partial charge in [-0.2, -0.15) is 0 Å². The van der Waals surface area contributed by atoms with Crippen LogP contribution in [0.4, 0.5) is 0 Å². The Balaban J connectivity index is 1.98. The number of hydrogen-bond donors (Lipinski definition) is 0. The van der Waals surface area contributed by atoms with Crippen molar-refractivity contribution in [2.75, 3.05) is 6.54 Å². The molecule has 102 valence electrons. The summed E-state index contributed by atoms with van der Waals surface area (Å²) in [6.07, 6.45) is 7.91. The molecule has 0 aliphatic heterocycles. The van der Waals surface area contributed by atoms with Crippen LogP contribution >= 0.6 is 0 Å². The Labute approximate surface area is 110 Å². The molecule has 0 amide bonds. The lowest BCUT2D eigenvalue weighted by molar-refractivity contribution is 0.150. The van der Waals surface area contributed by atoms with Gasteiger partial charge in [0.05, 0.1) is 6.54 Å². The molecule has 0 radical (unpaired) electrons. The summed E-state index contributed by atoms with van der Waals surface area (Å²) in [5.41, 5.74) is 0. The number of nitrogens with zero attached hydrogens (tertiary/aromatic N) is 5. The van der Waals surface area contributed by atoms with Crippen LogP contribution in [0.15, 0.2) is 0 Å². The summed E-state index contributed by atoms with van der Waals surface area (Å²) < 4.78 is 1.95. The van der Waals surface area contributed by atoms with E-state index in [0.29, 0.717) is 0 Å². The van der Waals surface area contributed by atoms with Crippen LogP contribution in [0, 0.1) is 0 Å². The van der Waals surface area contributed by atoms with Crippen LogP contribution in [0.3, 0.4) is 0 Å². The Morgan fingerprint density at radius 3 is 2.67 bits per heavy atom. The number of aromatic nitrogens is 4. The lowest BCUT2D eigenvalue weighted by Crippen LogP contribution is -2.37. The first-order valence-electron chi connectivity index (χ1n) is 7.34. The van der Waals surface area contributed by atoms with Crippen LogP contribution in [0.1, 0.15) is 58.2 Å². The maximum absolute atomic E-state index is 4.18. The van der Waals surface area contributed by atoms with Crippen molar-refractivity contribution in [3.8, 4) is 0 Å². The molecule has 0 N–H and O–H groups in total. The lowest BCUT2D eigenvalue weighted by atomic mass is 9.94. The topological polar surface area (TPSA) is 46.8 Å². The van der Waals surface area contributed by atoms with Crippen molar-refractivity contribution in [2.45, 2.75) is 71.5 Å². The normalized spacial score (nSPS) is 17.5. The Morgan fingerprint density at radius 2 is 2.00 bits per heavy atom. The molecule has 1 aliphatic rings. The second-order valence-corrected chi connectivity index (χ2v) is 5.17. The average molecular weight is 251 g/mol. The number of rotatable bonds is 6. The second-order valence-electron chi connectivity index (χ2n) is 5.17. The van der Waals surface area contributed by atoms with Gasteiger partial charge in [-0.05, 0) is 36.2 Å². The van der Waals surface area contributed by atoms with Gasteiger partial charge < -0.3 is 0 Å². The van der Waals surface area contributed by atoms with Gasteiger partial charge >= 0.3 is 0 Å². The number of aryl methyl sites for hydroxylation is 1. The maximum Gasteiger partial charge on any atom is 0.165 e. The van der Waals surface area contributed by atoms with Crippen molar-refractivity contribution < 1.29 is 0 Å². The fourth-order valence-electron chi connectivity index (χ4n) is 2.85. The van der Waals surface area contributed by atoms with Crippen LogP contribution in [-0.4, -0.2) is 37.7 Å². The van der Waals surface area contributed by atoms with E-state index in [0.717, 1.165) is 37.9 Å². The fourth-order valence-corrected chi connectivity index (χ4v) is 2.85. The van der Waals surface area contributed by atoms with Crippen LogP contribution in [0.2, 0.25) is 0 Å². The molecule has 1 aromatic rings. The fraction of sp³-hybridized carbons (Fsp3) is 0.923. The average Bonchev–Trinajstić information content (AvgIpc) is 2.85. The van der Waals surface area contributed by atoms with Crippen LogP contribution in [-0.2, 0) is 13.1 Å². The molecular formula is C13H25N5. The summed E-state index contributed by atoms with van der Waals surface area (Å²) in [5.74, 6) is 1.02. The third-order valence-corrected chi connectivity index (χ3v) is 3.88. The van der Waals surface area contributed by atoms with Gasteiger partial charge in [0.25, 0.3) is 0 Å². The van der Waals surface area contributed by atoms with Crippen LogP contribution < -0.4 is 0 Å². The molecule has 1 heterocycles. The van der Waals surface area contributed by atoms with Gasteiger partial charge in [0, 0.05) is 12.6 Å². The first kappa shape index (κ1) is 13.5. The zero-order valence-electron chi connectivity index (χ0n) is 11.7. The maximum atomic E-state index is 4.18. The number of hydrogen-bond acceptors (Lipinski definition) is 4. The van der Waals surface area contributed by atoms with E-state index < -0.39 is 0 Å². The Morgan fingerprint density at radius 1 is 1.22 bits per heavy atom. The summed E-state index contributed by atoms with van der Waals surface area (Å²) in [6, 6.07) is 0.732. The third kappa shape index (κ3) is 3.28. The Bertz CT molecular complexity index is 343. The number of tetrazole rings is 1. The van der Waals surface area contributed by atoms with E-state index in [1.807, 2.05) is 4.68 Å². The van der Waals surface area contributed by atoms with Gasteiger partial charge in [-0.25, -0.2) is 4.68 Å². The van der Waals surface area contributed by atoms with E-state index >= 15 is 0 Å². The third-order valence-electron chi connectivity index (χ3n) is 3.88. The molecule has 18 heavy (non-hydrogen) atoms. The highest BCUT2D eigenvalue weighted by Crippen LogP contribution is 2.23. The van der Waals surface area contributed by atoms with Crippen LogP contribution in [0.25, 0.3) is 0 Å². The molecule has 2 rings (SSSR count). The highest BCUT2D eigenvalue weighted by Gasteiger charge is 2.21. The molecule has 1 fully saturated rings. The van der Waals surface area contributed by atoms with Crippen molar-refractivity contribution in [2.24, 2.45) is 0 Å². The molecule has 0 spiro atoms. The molecule has 0 bridgehead atoms. The summed E-state index contributed by atoms with van der Waals surface area (Å²) in [5, 5.41) is 12.1. The van der Waals surface area contributed by atoms with Crippen molar-refractivity contribution in [1.82, 2.24) is 25.1 Å². The van der Waals surface area contributed by atoms with E-state index in [2.05, 4.69) is 34.3 Å². The zero-order chi connectivity index (χ0) is 12.8. The monoisotopic (exact) mass is 251 g/mol. The molecule has 0 atom stereocenters. The molecule has 0 aromatic carbocycles. The van der Waals surface area contributed by atoms with Crippen molar-refractivity contribution >= 4 is 0 Å². The van der Waals surface area contributed by atoms with E-state index in [4.69, 9.17) is 0 Å². The second kappa shape index (κ2) is 6.83. The minimum Gasteiger partial charge on any atom is -0.293 e. The van der Waals surface area contributed by atoms with E-state index in [1.54, 1.807) is 0 Å². The van der Waals surface area contributed by atoms with Crippen molar-refractivity contribution in [1.29, 1.82) is 0 Å². The summed E-state index contributed by atoms with van der Waals surface area (Å²) >= 11 is 0. The van der Waals surface area contributed by atoms with Gasteiger partial charge in [0.2, 0.25) is 0 Å². The minimum absolute atomic E-state index is 0.732. The molecular weight excluding hydrogens is 226 g/mol. The van der Waals surface area contributed by atoms with Crippen molar-refractivity contribution in [3.05, 3.63) is 5.82 Å². The predicted octanol–water partition coefficient (Wildman–Crippen LogP) is 2.24. The molecule has 0 unspecified atom stereocenters. The van der Waals surface area contributed by atoms with E-state index in [1.165, 1.54) is 32.1 Å². The SMILES string of the molecule is CCCn1nnnc1CN(CC)C1CCCCC1. The van der Waals surface area contributed by atoms with E-state index in [9.17, 15) is 0 Å². The first-order valence-corrected chi connectivity index (χ1v) is 7.34. The standard InChI is InChI=1S/C13H25N5/c1-3-10-18-13(14-15-16-18)11-17(4-2)12-8-6-5-7-9-12/h12H,3-11H2,1-2H3. The van der Waals surface area contributed by atoms with Gasteiger partial charge in [-0.1, -0.05) is 33.1 Å². The van der Waals surface area contributed by atoms with Gasteiger partial charge in [-0.3, -0.25) is 4.90 Å². The smallest absolute Gasteiger partial charge is 0.165 e. The van der Waals surface area contributed by atoms with Crippen molar-refractivity contribution in [3.63, 3.8) is 0 Å². The largest absolute Gasteiger partial charge is 0.293 e. The predicted molar refractivity (Wildman–Crippen MR) is 71.1 cm³/mol. The van der Waals surface area contributed by atoms with Crippen LogP contribution in [0.5, 0.6) is 0 Å². The molecule has 1 saturated carbocycles. The summed E-state index contributed by atoms with van der Waals surface area (Å²) in [7, 11) is 0. The quantitative estimate of drug-likeness (QED) is 0.778. The minimum atomic E-state index is 0.732. The van der Waals surface area contributed by atoms with Gasteiger partial charge in [-0.15, -0.1) is 5.10 Å². The lowest BCUT2D eigenvalue weighted by Gasteiger charge is -2.32. The Hall–Kier alpha value is -0.970. The summed E-state index contributed by atoms with van der Waals surface area (Å²) in [4.78, 5) is 2.54. The van der Waals surface area contributed by atoms with E-state index in [-0.39, 0.29) is 0 Å². The molecule has 1 aliphatic carbocycles.